The quantitative estimate of drug-likeness (QED) is 0.670. The van der Waals surface area contributed by atoms with Gasteiger partial charge in [-0.15, -0.1) is 13.2 Å². The first kappa shape index (κ1) is 17.4. The lowest BCUT2D eigenvalue weighted by atomic mass is 10.0. The molecule has 0 amide bonds. The second kappa shape index (κ2) is 9.32. The van der Waals surface area contributed by atoms with Gasteiger partial charge in [-0.25, -0.2) is 4.39 Å². The van der Waals surface area contributed by atoms with Gasteiger partial charge in [0.05, 0.1) is 7.11 Å². The van der Waals surface area contributed by atoms with Crippen molar-refractivity contribution >= 4 is 0 Å². The Morgan fingerprint density at radius 1 is 1.33 bits per heavy atom. The maximum absolute atomic E-state index is 14.1. The third kappa shape index (κ3) is 4.99. The highest BCUT2D eigenvalue weighted by Gasteiger charge is 2.19. The van der Waals surface area contributed by atoms with Crippen LogP contribution in [0.2, 0.25) is 0 Å². The topological polar surface area (TPSA) is 24.5 Å². The van der Waals surface area contributed by atoms with Crippen LogP contribution in [-0.4, -0.2) is 38.7 Å². The molecule has 4 heteroatoms. The van der Waals surface area contributed by atoms with Crippen LogP contribution in [0.15, 0.2) is 43.5 Å². The number of benzene rings is 1. The van der Waals surface area contributed by atoms with E-state index >= 15 is 0 Å². The van der Waals surface area contributed by atoms with Crippen LogP contribution < -0.4 is 10.1 Å². The molecule has 1 aromatic rings. The standard InChI is InChI=1S/C17H25FN2O/c1-5-11-20(12-6-2)13-10-15(19-3)17-14(18)8-7-9-16(17)21-4/h5-9,15,19H,1-2,10-13H2,3-4H3. The molecule has 3 nitrogen and oxygen atoms in total. The second-order valence-corrected chi connectivity index (χ2v) is 4.82. The van der Waals surface area contributed by atoms with Crippen LogP contribution in [0, 0.1) is 5.82 Å². The zero-order valence-electron chi connectivity index (χ0n) is 12.9. The summed E-state index contributed by atoms with van der Waals surface area (Å²) in [5.41, 5.74) is 0.583. The van der Waals surface area contributed by atoms with Crippen molar-refractivity contribution in [1.82, 2.24) is 10.2 Å². The lowest BCUT2D eigenvalue weighted by molar-refractivity contribution is 0.305. The van der Waals surface area contributed by atoms with E-state index in [1.165, 1.54) is 6.07 Å². The molecule has 0 saturated carbocycles. The van der Waals surface area contributed by atoms with Crippen molar-refractivity contribution in [2.75, 3.05) is 33.8 Å². The number of nitrogens with one attached hydrogen (secondary N) is 1. The largest absolute Gasteiger partial charge is 0.496 e. The number of halogens is 1. The minimum atomic E-state index is -0.243. The van der Waals surface area contributed by atoms with Gasteiger partial charge in [0.25, 0.3) is 0 Å². The molecule has 0 spiro atoms. The monoisotopic (exact) mass is 292 g/mol. The number of nitrogens with zero attached hydrogens (tertiary/aromatic N) is 1. The molecule has 0 aliphatic rings. The molecule has 21 heavy (non-hydrogen) atoms. The van der Waals surface area contributed by atoms with Crippen molar-refractivity contribution in [1.29, 1.82) is 0 Å². The molecule has 0 bridgehead atoms. The van der Waals surface area contributed by atoms with Crippen LogP contribution in [-0.2, 0) is 0 Å². The predicted octanol–water partition coefficient (Wildman–Crippen LogP) is 3.16. The lowest BCUT2D eigenvalue weighted by Crippen LogP contribution is -2.29. The SMILES string of the molecule is C=CCN(CC=C)CCC(NC)c1c(F)cccc1OC. The second-order valence-electron chi connectivity index (χ2n) is 4.82. The number of hydrogen-bond donors (Lipinski definition) is 1. The molecule has 0 aromatic heterocycles. The Kier molecular flexibility index (Phi) is 7.72. The fourth-order valence-corrected chi connectivity index (χ4v) is 2.40. The summed E-state index contributed by atoms with van der Waals surface area (Å²) in [6.07, 6.45) is 4.50. The van der Waals surface area contributed by atoms with E-state index < -0.39 is 0 Å². The van der Waals surface area contributed by atoms with Gasteiger partial charge in [-0.1, -0.05) is 18.2 Å². The summed E-state index contributed by atoms with van der Waals surface area (Å²) in [5, 5.41) is 3.18. The summed E-state index contributed by atoms with van der Waals surface area (Å²) in [6, 6.07) is 4.81. The minimum Gasteiger partial charge on any atom is -0.496 e. The Bertz CT molecular complexity index is 452. The number of ether oxygens (including phenoxy) is 1. The third-order valence-corrected chi connectivity index (χ3v) is 3.44. The molecular formula is C17H25FN2O. The average molecular weight is 292 g/mol. The number of hydrogen-bond acceptors (Lipinski definition) is 3. The van der Waals surface area contributed by atoms with E-state index in [-0.39, 0.29) is 11.9 Å². The molecule has 0 aliphatic heterocycles. The van der Waals surface area contributed by atoms with E-state index in [0.717, 1.165) is 26.1 Å². The fourth-order valence-electron chi connectivity index (χ4n) is 2.40. The van der Waals surface area contributed by atoms with Gasteiger partial charge in [0.1, 0.15) is 11.6 Å². The number of methoxy groups -OCH3 is 1. The fraction of sp³-hybridized carbons (Fsp3) is 0.412. The van der Waals surface area contributed by atoms with Crippen molar-refractivity contribution in [3.8, 4) is 5.75 Å². The van der Waals surface area contributed by atoms with Crippen LogP contribution >= 0.6 is 0 Å². The molecule has 1 rings (SSSR count). The maximum atomic E-state index is 14.1. The highest BCUT2D eigenvalue weighted by molar-refractivity contribution is 5.37. The summed E-state index contributed by atoms with van der Waals surface area (Å²) in [5.74, 6) is 0.334. The van der Waals surface area contributed by atoms with Crippen molar-refractivity contribution in [2.24, 2.45) is 0 Å². The lowest BCUT2D eigenvalue weighted by Gasteiger charge is -2.24. The average Bonchev–Trinajstić information content (AvgIpc) is 2.49. The molecule has 1 aromatic carbocycles. The van der Waals surface area contributed by atoms with Crippen LogP contribution in [0.25, 0.3) is 0 Å². The normalized spacial score (nSPS) is 12.2. The van der Waals surface area contributed by atoms with Crippen LogP contribution in [0.4, 0.5) is 4.39 Å². The zero-order valence-corrected chi connectivity index (χ0v) is 12.9. The smallest absolute Gasteiger partial charge is 0.131 e. The van der Waals surface area contributed by atoms with Gasteiger partial charge in [-0.2, -0.15) is 0 Å². The van der Waals surface area contributed by atoms with Gasteiger partial charge in [0.15, 0.2) is 0 Å². The molecule has 0 aliphatic carbocycles. The number of rotatable bonds is 10. The highest BCUT2D eigenvalue weighted by Crippen LogP contribution is 2.29. The van der Waals surface area contributed by atoms with E-state index in [4.69, 9.17) is 4.74 Å². The molecule has 1 atom stereocenters. The van der Waals surface area contributed by atoms with E-state index in [9.17, 15) is 4.39 Å². The maximum Gasteiger partial charge on any atom is 0.131 e. The molecule has 116 valence electrons. The predicted molar refractivity (Wildman–Crippen MR) is 86.2 cm³/mol. The van der Waals surface area contributed by atoms with Crippen molar-refractivity contribution in [2.45, 2.75) is 12.5 Å². The Balaban J connectivity index is 2.83. The van der Waals surface area contributed by atoms with Gasteiger partial charge in [0.2, 0.25) is 0 Å². The third-order valence-electron chi connectivity index (χ3n) is 3.44. The van der Waals surface area contributed by atoms with Crippen LogP contribution in [0.5, 0.6) is 5.75 Å². The zero-order chi connectivity index (χ0) is 15.7. The van der Waals surface area contributed by atoms with Gasteiger partial charge in [-0.3, -0.25) is 4.90 Å². The van der Waals surface area contributed by atoms with E-state index in [1.54, 1.807) is 19.2 Å². The Morgan fingerprint density at radius 3 is 2.52 bits per heavy atom. The van der Waals surface area contributed by atoms with Gasteiger partial charge in [0, 0.05) is 31.2 Å². The summed E-state index contributed by atoms with van der Waals surface area (Å²) in [6.45, 7) is 9.91. The molecule has 1 unspecified atom stereocenters. The van der Waals surface area contributed by atoms with Crippen molar-refractivity contribution in [3.63, 3.8) is 0 Å². The summed E-state index contributed by atoms with van der Waals surface area (Å²) >= 11 is 0. The molecular weight excluding hydrogens is 267 g/mol. The first-order chi connectivity index (χ1) is 10.2. The van der Waals surface area contributed by atoms with Crippen molar-refractivity contribution < 1.29 is 9.13 Å². The Morgan fingerprint density at radius 2 is 2.00 bits per heavy atom. The summed E-state index contributed by atoms with van der Waals surface area (Å²) < 4.78 is 19.4. The van der Waals surface area contributed by atoms with E-state index in [0.29, 0.717) is 11.3 Å². The van der Waals surface area contributed by atoms with E-state index in [1.807, 2.05) is 19.2 Å². The summed E-state index contributed by atoms with van der Waals surface area (Å²) in [7, 11) is 3.40. The van der Waals surface area contributed by atoms with Crippen molar-refractivity contribution in [3.05, 3.63) is 54.9 Å². The van der Waals surface area contributed by atoms with E-state index in [2.05, 4.69) is 23.4 Å². The molecule has 1 N–H and O–H groups in total. The minimum absolute atomic E-state index is 0.0988. The highest BCUT2D eigenvalue weighted by atomic mass is 19.1. The Labute approximate surface area is 127 Å². The molecule has 0 fully saturated rings. The van der Waals surface area contributed by atoms with Crippen LogP contribution in [0.3, 0.4) is 0 Å². The van der Waals surface area contributed by atoms with Gasteiger partial charge < -0.3 is 10.1 Å². The first-order valence-electron chi connectivity index (χ1n) is 7.11. The molecule has 0 radical (unpaired) electrons. The van der Waals surface area contributed by atoms with Crippen LogP contribution in [0.1, 0.15) is 18.0 Å². The van der Waals surface area contributed by atoms with Gasteiger partial charge in [-0.05, 0) is 25.6 Å². The van der Waals surface area contributed by atoms with Gasteiger partial charge >= 0.3 is 0 Å². The Hall–Kier alpha value is -1.65. The summed E-state index contributed by atoms with van der Waals surface area (Å²) in [4.78, 5) is 2.21. The molecule has 0 heterocycles. The first-order valence-corrected chi connectivity index (χ1v) is 7.11. The molecule has 0 saturated heterocycles.